The quantitative estimate of drug-likeness (QED) is 0.670. The minimum Gasteiger partial charge on any atom is -0.249 e. The van der Waals surface area contributed by atoms with Crippen LogP contribution in [-0.4, -0.2) is 14.8 Å². The molecule has 2 rings (SSSR count). The molecule has 4 heteroatoms. The third kappa shape index (κ3) is 1.78. The number of rotatable bonds is 4. The van der Waals surface area contributed by atoms with Gasteiger partial charge in [-0.15, -0.1) is 11.6 Å². The van der Waals surface area contributed by atoms with E-state index in [0.717, 1.165) is 18.3 Å². The summed E-state index contributed by atoms with van der Waals surface area (Å²) in [6.07, 6.45) is 5.59. The van der Waals surface area contributed by atoms with Gasteiger partial charge in [0.25, 0.3) is 0 Å². The summed E-state index contributed by atoms with van der Waals surface area (Å²) in [5.41, 5.74) is 0. The average molecular weight is 186 g/mol. The second-order valence-corrected chi connectivity index (χ2v) is 3.53. The first-order valence-electron chi connectivity index (χ1n) is 4.33. The molecule has 0 aliphatic heterocycles. The molecule has 0 N–H and O–H groups in total. The van der Waals surface area contributed by atoms with E-state index in [4.69, 9.17) is 11.6 Å². The summed E-state index contributed by atoms with van der Waals surface area (Å²) in [5, 5.41) is 4.11. The molecular formula is C8H12ClN3. The Morgan fingerprint density at radius 2 is 2.42 bits per heavy atom. The lowest BCUT2D eigenvalue weighted by molar-refractivity contribution is 0.531. The van der Waals surface area contributed by atoms with Crippen molar-refractivity contribution in [2.45, 2.75) is 31.7 Å². The lowest BCUT2D eigenvalue weighted by Crippen LogP contribution is -2.04. The largest absolute Gasteiger partial charge is 0.249 e. The number of aryl methyl sites for hydroxylation is 1. The van der Waals surface area contributed by atoms with Gasteiger partial charge in [-0.2, -0.15) is 5.10 Å². The van der Waals surface area contributed by atoms with Crippen LogP contribution in [0.4, 0.5) is 0 Å². The van der Waals surface area contributed by atoms with Crippen LogP contribution in [0.5, 0.6) is 0 Å². The van der Waals surface area contributed by atoms with Crippen LogP contribution in [0.25, 0.3) is 0 Å². The van der Waals surface area contributed by atoms with Crippen molar-refractivity contribution in [3.8, 4) is 0 Å². The van der Waals surface area contributed by atoms with Gasteiger partial charge in [0, 0.05) is 6.54 Å². The highest BCUT2D eigenvalue weighted by Crippen LogP contribution is 2.32. The summed E-state index contributed by atoms with van der Waals surface area (Å²) >= 11 is 5.68. The Bertz CT molecular complexity index is 255. The molecular weight excluding hydrogens is 174 g/mol. The topological polar surface area (TPSA) is 30.7 Å². The van der Waals surface area contributed by atoms with Crippen molar-refractivity contribution in [2.24, 2.45) is 5.92 Å². The molecule has 0 saturated heterocycles. The fourth-order valence-corrected chi connectivity index (χ4v) is 1.50. The lowest BCUT2D eigenvalue weighted by atomic mass is 10.3. The lowest BCUT2D eigenvalue weighted by Gasteiger charge is -2.01. The maximum atomic E-state index is 5.68. The van der Waals surface area contributed by atoms with Crippen molar-refractivity contribution in [2.75, 3.05) is 0 Å². The van der Waals surface area contributed by atoms with Gasteiger partial charge in [-0.1, -0.05) is 12.8 Å². The molecule has 0 spiro atoms. The van der Waals surface area contributed by atoms with E-state index in [1.165, 1.54) is 19.3 Å². The Morgan fingerprint density at radius 3 is 3.08 bits per heavy atom. The average Bonchev–Trinajstić information content (AvgIpc) is 2.81. The van der Waals surface area contributed by atoms with E-state index >= 15 is 0 Å². The van der Waals surface area contributed by atoms with Crippen LogP contribution in [0.3, 0.4) is 0 Å². The summed E-state index contributed by atoms with van der Waals surface area (Å²) < 4.78 is 1.91. The Morgan fingerprint density at radius 1 is 1.58 bits per heavy atom. The summed E-state index contributed by atoms with van der Waals surface area (Å²) in [7, 11) is 0. The van der Waals surface area contributed by atoms with Crippen molar-refractivity contribution in [3.05, 3.63) is 12.2 Å². The zero-order valence-corrected chi connectivity index (χ0v) is 7.67. The molecule has 1 aromatic rings. The van der Waals surface area contributed by atoms with Crippen LogP contribution in [0.2, 0.25) is 0 Å². The van der Waals surface area contributed by atoms with Gasteiger partial charge in [0.05, 0.1) is 5.88 Å². The third-order valence-corrected chi connectivity index (χ3v) is 2.50. The minimum absolute atomic E-state index is 0.463. The van der Waals surface area contributed by atoms with Gasteiger partial charge in [-0.25, -0.2) is 9.67 Å². The minimum atomic E-state index is 0.463. The van der Waals surface area contributed by atoms with Crippen LogP contribution < -0.4 is 0 Å². The Balaban J connectivity index is 1.91. The molecule has 0 unspecified atom stereocenters. The number of aromatic nitrogens is 3. The maximum Gasteiger partial charge on any atom is 0.141 e. The van der Waals surface area contributed by atoms with Crippen LogP contribution in [0, 0.1) is 5.92 Å². The predicted octanol–water partition coefficient (Wildman–Crippen LogP) is 1.82. The molecule has 3 nitrogen and oxygen atoms in total. The number of halogens is 1. The second kappa shape index (κ2) is 3.44. The molecule has 1 saturated carbocycles. The van der Waals surface area contributed by atoms with E-state index in [1.54, 1.807) is 6.33 Å². The van der Waals surface area contributed by atoms with Crippen molar-refractivity contribution >= 4 is 11.6 Å². The molecule has 0 radical (unpaired) electrons. The van der Waals surface area contributed by atoms with Gasteiger partial charge >= 0.3 is 0 Å². The van der Waals surface area contributed by atoms with Crippen molar-refractivity contribution in [1.82, 2.24) is 14.8 Å². The molecule has 66 valence electrons. The van der Waals surface area contributed by atoms with Crippen molar-refractivity contribution < 1.29 is 0 Å². The summed E-state index contributed by atoms with van der Waals surface area (Å²) in [6, 6.07) is 0. The van der Waals surface area contributed by atoms with Crippen molar-refractivity contribution in [1.29, 1.82) is 0 Å². The van der Waals surface area contributed by atoms with Gasteiger partial charge in [0.15, 0.2) is 0 Å². The molecule has 1 heterocycles. The first-order chi connectivity index (χ1) is 5.90. The van der Waals surface area contributed by atoms with Gasteiger partial charge in [0.2, 0.25) is 0 Å². The highest BCUT2D eigenvalue weighted by molar-refractivity contribution is 6.16. The van der Waals surface area contributed by atoms with E-state index in [0.29, 0.717) is 5.88 Å². The van der Waals surface area contributed by atoms with Crippen LogP contribution >= 0.6 is 11.6 Å². The van der Waals surface area contributed by atoms with Gasteiger partial charge in [-0.05, 0) is 12.3 Å². The number of nitrogens with zero attached hydrogens (tertiary/aromatic N) is 3. The fourth-order valence-electron chi connectivity index (χ4n) is 1.29. The van der Waals surface area contributed by atoms with Gasteiger partial charge in [-0.3, -0.25) is 0 Å². The van der Waals surface area contributed by atoms with E-state index in [9.17, 15) is 0 Å². The van der Waals surface area contributed by atoms with E-state index in [2.05, 4.69) is 10.1 Å². The molecule has 12 heavy (non-hydrogen) atoms. The third-order valence-electron chi connectivity index (χ3n) is 2.26. The predicted molar refractivity (Wildman–Crippen MR) is 46.9 cm³/mol. The molecule has 0 amide bonds. The first kappa shape index (κ1) is 8.05. The molecule has 0 atom stereocenters. The van der Waals surface area contributed by atoms with Gasteiger partial charge in [0.1, 0.15) is 12.2 Å². The normalized spacial score (nSPS) is 16.8. The molecule has 1 aliphatic carbocycles. The van der Waals surface area contributed by atoms with Crippen LogP contribution in [-0.2, 0) is 12.4 Å². The number of hydrogen-bond acceptors (Lipinski definition) is 2. The van der Waals surface area contributed by atoms with Crippen molar-refractivity contribution in [3.63, 3.8) is 0 Å². The zero-order valence-electron chi connectivity index (χ0n) is 6.91. The van der Waals surface area contributed by atoms with Gasteiger partial charge < -0.3 is 0 Å². The first-order valence-corrected chi connectivity index (χ1v) is 4.86. The van der Waals surface area contributed by atoms with E-state index < -0.39 is 0 Å². The summed E-state index contributed by atoms with van der Waals surface area (Å²) in [5.74, 6) is 2.29. The Labute approximate surface area is 76.7 Å². The zero-order chi connectivity index (χ0) is 8.39. The number of alkyl halides is 1. The smallest absolute Gasteiger partial charge is 0.141 e. The second-order valence-electron chi connectivity index (χ2n) is 3.27. The molecule has 1 fully saturated rings. The fraction of sp³-hybridized carbons (Fsp3) is 0.750. The summed E-state index contributed by atoms with van der Waals surface area (Å²) in [6.45, 7) is 0.979. The van der Waals surface area contributed by atoms with Crippen LogP contribution in [0.15, 0.2) is 6.33 Å². The van der Waals surface area contributed by atoms with Crippen LogP contribution in [0.1, 0.15) is 25.1 Å². The maximum absolute atomic E-state index is 5.68. The monoisotopic (exact) mass is 185 g/mol. The Kier molecular flexibility index (Phi) is 2.30. The molecule has 0 bridgehead atoms. The van der Waals surface area contributed by atoms with E-state index in [1.807, 2.05) is 4.68 Å². The summed E-state index contributed by atoms with van der Waals surface area (Å²) in [4.78, 5) is 4.05. The van der Waals surface area contributed by atoms with E-state index in [-0.39, 0.29) is 0 Å². The molecule has 1 aromatic heterocycles. The molecule has 1 aliphatic rings. The molecule has 0 aromatic carbocycles. The Hall–Kier alpha value is -0.570. The number of hydrogen-bond donors (Lipinski definition) is 0. The highest BCUT2D eigenvalue weighted by Gasteiger charge is 2.21. The standard InChI is InChI=1S/C8H12ClN3/c9-5-8-10-6-11-12(8)4-3-7-1-2-7/h6-7H,1-5H2. The SMILES string of the molecule is ClCc1ncnn1CCC1CC1. The highest BCUT2D eigenvalue weighted by atomic mass is 35.5.